The molecular weight excluding hydrogens is 682 g/mol. The number of hydrogen-bond donors (Lipinski definition) is 1. The van der Waals surface area contributed by atoms with Gasteiger partial charge in [-0.05, 0) is 67.1 Å². The molecule has 0 radical (unpaired) electrons. The molecule has 232 valence electrons. The van der Waals surface area contributed by atoms with Gasteiger partial charge in [-0.1, -0.05) is 71.1 Å². The van der Waals surface area contributed by atoms with E-state index in [9.17, 15) is 18.0 Å². The quantitative estimate of drug-likeness (QED) is 0.115. The monoisotopic (exact) mass is 717 g/mol. The average molecular weight is 718 g/mol. The maximum atomic E-state index is 13.1. The van der Waals surface area contributed by atoms with Crippen LogP contribution in [0.15, 0.2) is 83.3 Å². The van der Waals surface area contributed by atoms with Gasteiger partial charge in [-0.3, -0.25) is 14.6 Å². The molecule has 3 heterocycles. The van der Waals surface area contributed by atoms with Crippen LogP contribution in [0.1, 0.15) is 57.0 Å². The third kappa shape index (κ3) is 7.58. The summed E-state index contributed by atoms with van der Waals surface area (Å²) in [6.45, 7) is 3.79. The number of benzene rings is 3. The molecule has 1 atom stereocenters. The Morgan fingerprint density at radius 3 is 2.41 bits per heavy atom. The van der Waals surface area contributed by atoms with Gasteiger partial charge in [0.15, 0.2) is 5.76 Å². The number of carbonyl (C=O) groups excluding carboxylic acids is 1. The van der Waals surface area contributed by atoms with Crippen LogP contribution in [0.3, 0.4) is 0 Å². The molecule has 2 fully saturated rings. The SMILES string of the molecule is O=C(NC1CCN(C(I)c2ccccc2)CC1)c1cc2cc(OC3CCN(Cc4cccc(C(F)(F)F)c4)CC3)ccc2o1. The Morgan fingerprint density at radius 1 is 0.932 bits per heavy atom. The second-order valence-electron chi connectivity index (χ2n) is 11.6. The van der Waals surface area contributed by atoms with Crippen molar-refractivity contribution in [3.05, 3.63) is 101 Å². The number of likely N-dealkylation sites (tertiary alicyclic amines) is 2. The summed E-state index contributed by atoms with van der Waals surface area (Å²) in [4.78, 5) is 17.6. The number of halogens is 4. The van der Waals surface area contributed by atoms with Gasteiger partial charge in [-0.15, -0.1) is 0 Å². The molecule has 6 nitrogen and oxygen atoms in total. The predicted molar refractivity (Wildman–Crippen MR) is 172 cm³/mol. The number of furan rings is 1. The molecule has 6 rings (SSSR count). The molecule has 2 aliphatic rings. The number of nitrogens with zero attached hydrogens (tertiary/aromatic N) is 2. The maximum absolute atomic E-state index is 13.1. The Bertz CT molecular complexity index is 1560. The second-order valence-corrected chi connectivity index (χ2v) is 12.8. The van der Waals surface area contributed by atoms with Gasteiger partial charge >= 0.3 is 6.18 Å². The summed E-state index contributed by atoms with van der Waals surface area (Å²) in [6, 6.07) is 23.4. The Kier molecular flexibility index (Phi) is 9.48. The average Bonchev–Trinajstić information content (AvgIpc) is 3.46. The molecule has 1 amide bonds. The Labute approximate surface area is 268 Å². The van der Waals surface area contributed by atoms with Crippen molar-refractivity contribution < 1.29 is 27.1 Å². The highest BCUT2D eigenvalue weighted by Gasteiger charge is 2.31. The molecule has 0 spiro atoms. The lowest BCUT2D eigenvalue weighted by molar-refractivity contribution is -0.137. The maximum Gasteiger partial charge on any atom is 0.416 e. The van der Waals surface area contributed by atoms with E-state index < -0.39 is 11.7 Å². The molecule has 44 heavy (non-hydrogen) atoms. The van der Waals surface area contributed by atoms with Crippen LogP contribution in [0.5, 0.6) is 5.75 Å². The van der Waals surface area contributed by atoms with Crippen molar-refractivity contribution in [3.8, 4) is 5.75 Å². The van der Waals surface area contributed by atoms with Crippen LogP contribution in [0.25, 0.3) is 11.0 Å². The molecule has 1 N–H and O–H groups in total. The van der Waals surface area contributed by atoms with E-state index in [2.05, 4.69) is 62.0 Å². The smallest absolute Gasteiger partial charge is 0.416 e. The van der Waals surface area contributed by atoms with Gasteiger partial charge in [-0.2, -0.15) is 13.2 Å². The van der Waals surface area contributed by atoms with Gasteiger partial charge < -0.3 is 14.5 Å². The number of rotatable bonds is 8. The van der Waals surface area contributed by atoms with E-state index in [0.29, 0.717) is 33.2 Å². The number of ether oxygens (including phenoxy) is 1. The van der Waals surface area contributed by atoms with Crippen molar-refractivity contribution in [2.45, 2.75) is 54.6 Å². The molecule has 0 aliphatic carbocycles. The van der Waals surface area contributed by atoms with Crippen molar-refractivity contribution >= 4 is 39.5 Å². The second kappa shape index (κ2) is 13.5. The molecule has 3 aromatic carbocycles. The topological polar surface area (TPSA) is 58.0 Å². The summed E-state index contributed by atoms with van der Waals surface area (Å²) in [7, 11) is 0. The van der Waals surface area contributed by atoms with Gasteiger partial charge in [0.1, 0.15) is 17.4 Å². The zero-order chi connectivity index (χ0) is 30.7. The molecule has 4 aromatic rings. The van der Waals surface area contributed by atoms with Gasteiger partial charge in [0.25, 0.3) is 5.91 Å². The first-order valence-corrected chi connectivity index (χ1v) is 16.3. The van der Waals surface area contributed by atoms with Crippen LogP contribution in [-0.2, 0) is 12.7 Å². The molecule has 0 bridgehead atoms. The first-order valence-electron chi connectivity index (χ1n) is 15.0. The normalized spacial score (nSPS) is 18.4. The number of hydrogen-bond acceptors (Lipinski definition) is 5. The third-order valence-corrected chi connectivity index (χ3v) is 9.98. The van der Waals surface area contributed by atoms with Crippen LogP contribution in [-0.4, -0.2) is 54.0 Å². The number of fused-ring (bicyclic) bond motifs is 1. The lowest BCUT2D eigenvalue weighted by Gasteiger charge is -2.35. The highest BCUT2D eigenvalue weighted by atomic mass is 127. The van der Waals surface area contributed by atoms with E-state index in [-0.39, 0.29) is 18.1 Å². The van der Waals surface area contributed by atoms with E-state index >= 15 is 0 Å². The fourth-order valence-corrected chi connectivity index (χ4v) is 7.01. The molecule has 10 heteroatoms. The number of nitrogens with one attached hydrogen (secondary N) is 1. The minimum absolute atomic E-state index is 0.00906. The van der Waals surface area contributed by atoms with Crippen molar-refractivity contribution in [3.63, 3.8) is 0 Å². The number of piperidine rings is 2. The summed E-state index contributed by atoms with van der Waals surface area (Å²) >= 11 is 2.48. The fraction of sp³-hybridized carbons (Fsp3) is 0.382. The van der Waals surface area contributed by atoms with Crippen molar-refractivity contribution in [1.29, 1.82) is 0 Å². The molecule has 0 saturated carbocycles. The van der Waals surface area contributed by atoms with E-state index in [1.807, 2.05) is 24.3 Å². The molecule has 2 aliphatic heterocycles. The van der Waals surface area contributed by atoms with Gasteiger partial charge in [0.05, 0.1) is 9.61 Å². The van der Waals surface area contributed by atoms with Gasteiger partial charge in [0.2, 0.25) is 0 Å². The molecule has 1 aromatic heterocycles. The zero-order valence-electron chi connectivity index (χ0n) is 24.2. The number of alkyl halides is 4. The zero-order valence-corrected chi connectivity index (χ0v) is 26.4. The lowest BCUT2D eigenvalue weighted by Crippen LogP contribution is -2.44. The summed E-state index contributed by atoms with van der Waals surface area (Å²) in [5, 5.41) is 3.96. The van der Waals surface area contributed by atoms with Crippen LogP contribution in [0.2, 0.25) is 0 Å². The Hall–Kier alpha value is -3.09. The predicted octanol–water partition coefficient (Wildman–Crippen LogP) is 7.82. The Balaban J connectivity index is 0.981. The summed E-state index contributed by atoms with van der Waals surface area (Å²) < 4.78 is 51.6. The lowest BCUT2D eigenvalue weighted by atomic mass is 10.0. The van der Waals surface area contributed by atoms with Crippen molar-refractivity contribution in [1.82, 2.24) is 15.1 Å². The number of carbonyl (C=O) groups is 1. The summed E-state index contributed by atoms with van der Waals surface area (Å²) in [5.74, 6) is 0.795. The molecular formula is C34H35F3IN3O3. The largest absolute Gasteiger partial charge is 0.490 e. The van der Waals surface area contributed by atoms with Crippen molar-refractivity contribution in [2.24, 2.45) is 0 Å². The molecule has 2 saturated heterocycles. The van der Waals surface area contributed by atoms with Crippen molar-refractivity contribution in [2.75, 3.05) is 26.2 Å². The number of amides is 1. The highest BCUT2D eigenvalue weighted by molar-refractivity contribution is 14.1. The third-order valence-electron chi connectivity index (χ3n) is 8.47. The van der Waals surface area contributed by atoms with Gasteiger partial charge in [-0.25, -0.2) is 0 Å². The van der Waals surface area contributed by atoms with Crippen LogP contribution < -0.4 is 10.1 Å². The van der Waals surface area contributed by atoms with E-state index in [0.717, 1.165) is 63.3 Å². The van der Waals surface area contributed by atoms with E-state index in [1.165, 1.54) is 17.7 Å². The standard InChI is InChI=1S/C34H35F3IN3O3/c35-34(36,37)26-8-4-5-23(19-26)22-40-15-13-28(14-16-40)43-29-9-10-30-25(20-29)21-31(44-30)33(42)39-27-11-17-41(18-12-27)32(38)24-6-2-1-3-7-24/h1-10,19-21,27-28,32H,11-18,22H2,(H,39,42). The summed E-state index contributed by atoms with van der Waals surface area (Å²) in [6.07, 6.45) is -1.01. The van der Waals surface area contributed by atoms with Gasteiger partial charge in [0, 0.05) is 44.2 Å². The fourth-order valence-electron chi connectivity index (χ4n) is 6.04. The summed E-state index contributed by atoms with van der Waals surface area (Å²) in [5.41, 5.74) is 1.97. The van der Waals surface area contributed by atoms with E-state index in [1.54, 1.807) is 12.1 Å². The highest BCUT2D eigenvalue weighted by Crippen LogP contribution is 2.32. The van der Waals surface area contributed by atoms with Crippen LogP contribution >= 0.6 is 22.6 Å². The molecule has 1 unspecified atom stereocenters. The van der Waals surface area contributed by atoms with Crippen LogP contribution in [0, 0.1) is 0 Å². The minimum Gasteiger partial charge on any atom is -0.490 e. The minimum atomic E-state index is -4.34. The van der Waals surface area contributed by atoms with Crippen LogP contribution in [0.4, 0.5) is 13.2 Å². The Morgan fingerprint density at radius 2 is 1.68 bits per heavy atom. The first kappa shape index (κ1) is 30.9. The first-order chi connectivity index (χ1) is 21.2. The van der Waals surface area contributed by atoms with E-state index in [4.69, 9.17) is 9.15 Å².